The first-order chi connectivity index (χ1) is 11.1. The van der Waals surface area contributed by atoms with Crippen LogP contribution in [0.1, 0.15) is 23.8 Å². The van der Waals surface area contributed by atoms with E-state index < -0.39 is 0 Å². The number of aromatic nitrogens is 2. The zero-order valence-electron chi connectivity index (χ0n) is 13.1. The van der Waals surface area contributed by atoms with E-state index in [1.165, 1.54) is 29.1 Å². The highest BCUT2D eigenvalue weighted by Gasteiger charge is 2.22. The monoisotopic (exact) mass is 349 g/mol. The number of thioether (sulfide) groups is 1. The van der Waals surface area contributed by atoms with Crippen LogP contribution in [0.2, 0.25) is 0 Å². The molecule has 1 aliphatic carbocycles. The topological polar surface area (TPSA) is 64.0 Å². The van der Waals surface area contributed by atoms with Gasteiger partial charge in [0, 0.05) is 30.6 Å². The molecule has 0 unspecified atom stereocenters. The van der Waals surface area contributed by atoms with E-state index in [1.54, 1.807) is 22.0 Å². The number of carbonyl (C=O) groups excluding carboxylic acids is 1. The summed E-state index contributed by atoms with van der Waals surface area (Å²) in [5.74, 6) is 0.631. The summed E-state index contributed by atoms with van der Waals surface area (Å²) in [5, 5.41) is 4.26. The molecule has 0 saturated heterocycles. The normalized spacial score (nSPS) is 13.3. The van der Waals surface area contributed by atoms with Gasteiger partial charge in [0.15, 0.2) is 5.16 Å². The molecule has 0 fully saturated rings. The number of carbonyl (C=O) groups is 1. The Hall–Kier alpha value is -1.60. The number of rotatable bonds is 6. The predicted molar refractivity (Wildman–Crippen MR) is 95.5 cm³/mol. The van der Waals surface area contributed by atoms with Crippen molar-refractivity contribution in [1.29, 1.82) is 0 Å². The predicted octanol–water partition coefficient (Wildman–Crippen LogP) is 2.36. The van der Waals surface area contributed by atoms with Gasteiger partial charge in [-0.1, -0.05) is 17.8 Å². The maximum atomic E-state index is 12.9. The average molecular weight is 349 g/mol. The maximum absolute atomic E-state index is 12.9. The van der Waals surface area contributed by atoms with Crippen molar-refractivity contribution in [1.82, 2.24) is 14.9 Å². The molecule has 2 aromatic heterocycles. The first-order valence-corrected chi connectivity index (χ1v) is 9.45. The summed E-state index contributed by atoms with van der Waals surface area (Å²) < 4.78 is 1.69. The number of allylic oxidation sites excluding steroid dienone is 1. The zero-order chi connectivity index (χ0) is 16.4. The van der Waals surface area contributed by atoms with Crippen molar-refractivity contribution < 1.29 is 4.79 Å². The van der Waals surface area contributed by atoms with Crippen molar-refractivity contribution in [2.45, 2.75) is 37.9 Å². The van der Waals surface area contributed by atoms with E-state index in [0.29, 0.717) is 24.0 Å². The molecule has 7 heteroatoms. The molecule has 0 atom stereocenters. The van der Waals surface area contributed by atoms with E-state index in [-0.39, 0.29) is 11.5 Å². The molecule has 5 nitrogen and oxygen atoms in total. The molecule has 1 aliphatic rings. The third kappa shape index (κ3) is 3.21. The molecule has 0 radical (unpaired) electrons. The number of hydrogen-bond donors (Lipinski definition) is 1. The summed E-state index contributed by atoms with van der Waals surface area (Å²) >= 11 is 3.15. The smallest absolute Gasteiger partial charge is 0.263 e. The lowest BCUT2D eigenvalue weighted by Crippen LogP contribution is -2.25. The van der Waals surface area contributed by atoms with Crippen LogP contribution in [-0.2, 0) is 24.2 Å². The molecular weight excluding hydrogens is 330 g/mol. The fourth-order valence-electron chi connectivity index (χ4n) is 2.83. The summed E-state index contributed by atoms with van der Waals surface area (Å²) in [5.41, 5.74) is 1.24. The lowest BCUT2D eigenvalue weighted by Gasteiger charge is -2.10. The summed E-state index contributed by atoms with van der Waals surface area (Å²) in [6.45, 7) is 6.25. The quantitative estimate of drug-likeness (QED) is 0.376. The van der Waals surface area contributed by atoms with E-state index in [4.69, 9.17) is 4.98 Å². The molecule has 1 amide bonds. The SMILES string of the molecule is C=CCn1c(SCCNC(C)=O)nc2sc3c(c2c1=O)CCC3. The van der Waals surface area contributed by atoms with E-state index in [1.807, 2.05) is 0 Å². The molecule has 122 valence electrons. The minimum absolute atomic E-state index is 0.0383. The molecule has 0 saturated carbocycles. The van der Waals surface area contributed by atoms with Crippen molar-refractivity contribution in [3.05, 3.63) is 33.4 Å². The van der Waals surface area contributed by atoms with E-state index in [2.05, 4.69) is 11.9 Å². The lowest BCUT2D eigenvalue weighted by molar-refractivity contribution is -0.118. The Bertz CT molecular complexity index is 823. The number of hydrogen-bond acceptors (Lipinski definition) is 5. The van der Waals surface area contributed by atoms with Gasteiger partial charge in [-0.25, -0.2) is 4.98 Å². The molecule has 0 aliphatic heterocycles. The highest BCUT2D eigenvalue weighted by Crippen LogP contribution is 2.35. The first kappa shape index (κ1) is 16.3. The Morgan fingerprint density at radius 2 is 2.35 bits per heavy atom. The summed E-state index contributed by atoms with van der Waals surface area (Å²) in [4.78, 5) is 30.7. The highest BCUT2D eigenvalue weighted by molar-refractivity contribution is 7.99. The Balaban J connectivity index is 1.96. The van der Waals surface area contributed by atoms with Gasteiger partial charge in [0.05, 0.1) is 5.39 Å². The number of amides is 1. The van der Waals surface area contributed by atoms with Crippen molar-refractivity contribution in [2.75, 3.05) is 12.3 Å². The summed E-state index contributed by atoms with van der Waals surface area (Å²) in [6.07, 6.45) is 4.89. The second kappa shape index (κ2) is 6.88. The van der Waals surface area contributed by atoms with Gasteiger partial charge in [-0.15, -0.1) is 17.9 Å². The van der Waals surface area contributed by atoms with E-state index >= 15 is 0 Å². The Morgan fingerprint density at radius 3 is 3.09 bits per heavy atom. The average Bonchev–Trinajstić information content (AvgIpc) is 3.07. The fourth-order valence-corrected chi connectivity index (χ4v) is 4.99. The number of nitrogens with one attached hydrogen (secondary N) is 1. The molecule has 0 spiro atoms. The van der Waals surface area contributed by atoms with Crippen LogP contribution in [0, 0.1) is 0 Å². The molecule has 23 heavy (non-hydrogen) atoms. The minimum atomic E-state index is -0.0489. The van der Waals surface area contributed by atoms with E-state index in [0.717, 1.165) is 29.5 Å². The molecule has 2 aromatic rings. The summed E-state index contributed by atoms with van der Waals surface area (Å²) in [6, 6.07) is 0. The first-order valence-electron chi connectivity index (χ1n) is 7.65. The lowest BCUT2D eigenvalue weighted by atomic mass is 10.2. The fraction of sp³-hybridized carbons (Fsp3) is 0.438. The van der Waals surface area contributed by atoms with Gasteiger partial charge in [-0.3, -0.25) is 14.2 Å². The third-order valence-corrected chi connectivity index (χ3v) is 5.97. The van der Waals surface area contributed by atoms with Gasteiger partial charge in [-0.2, -0.15) is 0 Å². The van der Waals surface area contributed by atoms with Crippen molar-refractivity contribution in [3.8, 4) is 0 Å². The van der Waals surface area contributed by atoms with Gasteiger partial charge >= 0.3 is 0 Å². The minimum Gasteiger partial charge on any atom is -0.356 e. The maximum Gasteiger partial charge on any atom is 0.263 e. The second-order valence-electron chi connectivity index (χ2n) is 5.47. The molecule has 2 heterocycles. The molecule has 1 N–H and O–H groups in total. The largest absolute Gasteiger partial charge is 0.356 e. The number of fused-ring (bicyclic) bond motifs is 3. The van der Waals surface area contributed by atoms with Gasteiger partial charge in [0.1, 0.15) is 4.83 Å². The Kier molecular flexibility index (Phi) is 4.87. The number of aryl methyl sites for hydroxylation is 2. The Morgan fingerprint density at radius 1 is 1.52 bits per heavy atom. The van der Waals surface area contributed by atoms with Gasteiger partial charge in [0.2, 0.25) is 5.91 Å². The summed E-state index contributed by atoms with van der Waals surface area (Å²) in [7, 11) is 0. The van der Waals surface area contributed by atoms with Gasteiger partial charge < -0.3 is 5.32 Å². The Labute approximate surface area is 142 Å². The van der Waals surface area contributed by atoms with Gasteiger partial charge in [0.25, 0.3) is 5.56 Å². The van der Waals surface area contributed by atoms with Crippen LogP contribution in [0.25, 0.3) is 10.2 Å². The number of nitrogens with zero attached hydrogens (tertiary/aromatic N) is 2. The van der Waals surface area contributed by atoms with E-state index in [9.17, 15) is 9.59 Å². The van der Waals surface area contributed by atoms with Crippen molar-refractivity contribution in [2.24, 2.45) is 0 Å². The van der Waals surface area contributed by atoms with Crippen LogP contribution in [-0.4, -0.2) is 27.8 Å². The number of thiophene rings is 1. The standard InChI is InChI=1S/C16H19N3O2S2/c1-3-8-19-15(21)13-11-5-4-6-12(11)23-14(13)18-16(19)22-9-7-17-10(2)20/h3H,1,4-9H2,2H3,(H,17,20). The van der Waals surface area contributed by atoms with Crippen molar-refractivity contribution >= 4 is 39.2 Å². The second-order valence-corrected chi connectivity index (χ2v) is 7.61. The zero-order valence-corrected chi connectivity index (χ0v) is 14.7. The van der Waals surface area contributed by atoms with Crippen LogP contribution in [0.15, 0.2) is 22.6 Å². The molecule has 3 rings (SSSR count). The molecule has 0 aromatic carbocycles. The third-order valence-electron chi connectivity index (χ3n) is 3.81. The van der Waals surface area contributed by atoms with Crippen LogP contribution in [0.5, 0.6) is 0 Å². The van der Waals surface area contributed by atoms with Gasteiger partial charge in [-0.05, 0) is 24.8 Å². The van der Waals surface area contributed by atoms with Crippen LogP contribution in [0.4, 0.5) is 0 Å². The van der Waals surface area contributed by atoms with Crippen molar-refractivity contribution in [3.63, 3.8) is 0 Å². The highest BCUT2D eigenvalue weighted by atomic mass is 32.2. The molecule has 0 bridgehead atoms. The van der Waals surface area contributed by atoms with Crippen LogP contribution < -0.4 is 10.9 Å². The van der Waals surface area contributed by atoms with Crippen LogP contribution >= 0.6 is 23.1 Å². The molecular formula is C16H19N3O2S2. The van der Waals surface area contributed by atoms with Crippen LogP contribution in [0.3, 0.4) is 0 Å².